The number of carbonyl (C=O) groups excluding carboxylic acids is 2. The molecule has 0 unspecified atom stereocenters. The maximum atomic E-state index is 11.8. The summed E-state index contributed by atoms with van der Waals surface area (Å²) in [7, 11) is 0. The molecule has 1 radical (unpaired) electrons. The third-order valence-corrected chi connectivity index (χ3v) is 3.27. The molecule has 1 heterocycles. The van der Waals surface area contributed by atoms with Crippen molar-refractivity contribution in [1.29, 1.82) is 0 Å². The lowest BCUT2D eigenvalue weighted by Crippen LogP contribution is -2.46. The quantitative estimate of drug-likeness (QED) is 0.730. The van der Waals surface area contributed by atoms with Crippen LogP contribution in [-0.4, -0.2) is 47.7 Å². The number of likely N-dealkylation sites (tertiary alicyclic amines) is 1. The maximum absolute atomic E-state index is 11.8. The molecule has 0 aromatic heterocycles. The molecule has 85 valence electrons. The van der Waals surface area contributed by atoms with Crippen LogP contribution in [0.1, 0.15) is 19.3 Å². The third kappa shape index (κ3) is 3.21. The van der Waals surface area contributed by atoms with Crippen LogP contribution in [0, 0.1) is 0 Å². The number of amides is 1. The highest BCUT2D eigenvalue weighted by Gasteiger charge is 2.31. The van der Waals surface area contributed by atoms with Crippen molar-refractivity contribution < 1.29 is 9.59 Å². The molecule has 1 aliphatic heterocycles. The Morgan fingerprint density at radius 3 is 3.07 bits per heavy atom. The van der Waals surface area contributed by atoms with Gasteiger partial charge in [0.25, 0.3) is 0 Å². The molecule has 1 aliphatic rings. The summed E-state index contributed by atoms with van der Waals surface area (Å²) in [5, 5.41) is 0. The average Bonchev–Trinajstić information content (AvgIpc) is 2.72. The first-order valence-electron chi connectivity index (χ1n) is 5.13. The van der Waals surface area contributed by atoms with Crippen LogP contribution in [0.2, 0.25) is 0 Å². The van der Waals surface area contributed by atoms with E-state index in [4.69, 9.17) is 5.73 Å². The zero-order chi connectivity index (χ0) is 11.3. The van der Waals surface area contributed by atoms with Crippen molar-refractivity contribution in [2.45, 2.75) is 31.3 Å². The average molecular weight is 229 g/mol. The van der Waals surface area contributed by atoms with Gasteiger partial charge in [-0.3, -0.25) is 9.59 Å². The number of nitrogens with zero attached hydrogens (tertiary/aromatic N) is 1. The maximum Gasteiger partial charge on any atom is 0.240 e. The fourth-order valence-electron chi connectivity index (χ4n) is 1.73. The number of rotatable bonds is 5. The zero-order valence-corrected chi connectivity index (χ0v) is 9.76. The lowest BCUT2D eigenvalue weighted by Gasteiger charge is -2.23. The summed E-state index contributed by atoms with van der Waals surface area (Å²) in [5.41, 5.74) is 5.77. The van der Waals surface area contributed by atoms with Gasteiger partial charge in [-0.25, -0.2) is 0 Å². The molecule has 1 rings (SSSR count). The van der Waals surface area contributed by atoms with Gasteiger partial charge in [-0.05, 0) is 31.3 Å². The van der Waals surface area contributed by atoms with E-state index in [0.717, 1.165) is 18.6 Å². The predicted octanol–water partition coefficient (Wildman–Crippen LogP) is 0.167. The SMILES string of the molecule is CSCC[C@H](N)C(=O)N1CCC[C@H]1[C]=O. The Morgan fingerprint density at radius 1 is 1.73 bits per heavy atom. The molecule has 0 spiro atoms. The van der Waals surface area contributed by atoms with Crippen LogP contribution in [0.15, 0.2) is 0 Å². The van der Waals surface area contributed by atoms with Gasteiger partial charge in [0.1, 0.15) is 0 Å². The fourth-order valence-corrected chi connectivity index (χ4v) is 2.22. The highest BCUT2D eigenvalue weighted by molar-refractivity contribution is 7.98. The van der Waals surface area contributed by atoms with E-state index in [1.807, 2.05) is 12.5 Å². The summed E-state index contributed by atoms with van der Waals surface area (Å²) in [4.78, 5) is 24.0. The summed E-state index contributed by atoms with van der Waals surface area (Å²) in [5.74, 6) is 0.769. The normalized spacial score (nSPS) is 22.8. The molecule has 0 saturated carbocycles. The highest BCUT2D eigenvalue weighted by atomic mass is 32.2. The number of nitrogens with two attached hydrogens (primary N) is 1. The molecular weight excluding hydrogens is 212 g/mol. The van der Waals surface area contributed by atoms with Crippen molar-refractivity contribution in [3.63, 3.8) is 0 Å². The van der Waals surface area contributed by atoms with Gasteiger partial charge in [0.05, 0.1) is 12.1 Å². The Kier molecular flexibility index (Phi) is 5.11. The van der Waals surface area contributed by atoms with Crippen LogP contribution in [0.4, 0.5) is 0 Å². The topological polar surface area (TPSA) is 63.4 Å². The Balaban J connectivity index is 2.47. The summed E-state index contributed by atoms with van der Waals surface area (Å²) in [6, 6.07) is -0.829. The van der Waals surface area contributed by atoms with Crippen molar-refractivity contribution in [2.75, 3.05) is 18.6 Å². The molecule has 2 N–H and O–H groups in total. The second-order valence-electron chi connectivity index (χ2n) is 3.70. The van der Waals surface area contributed by atoms with Crippen LogP contribution in [0.3, 0.4) is 0 Å². The summed E-state index contributed by atoms with van der Waals surface area (Å²) in [6.45, 7) is 0.645. The molecule has 2 atom stereocenters. The molecule has 0 aromatic carbocycles. The van der Waals surface area contributed by atoms with Gasteiger partial charge in [-0.1, -0.05) is 0 Å². The van der Waals surface area contributed by atoms with E-state index in [1.54, 1.807) is 16.7 Å². The molecule has 15 heavy (non-hydrogen) atoms. The summed E-state index contributed by atoms with van der Waals surface area (Å²) < 4.78 is 0. The van der Waals surface area contributed by atoms with Gasteiger partial charge in [-0.15, -0.1) is 0 Å². The van der Waals surface area contributed by atoms with E-state index in [0.29, 0.717) is 13.0 Å². The van der Waals surface area contributed by atoms with E-state index in [9.17, 15) is 9.59 Å². The van der Waals surface area contributed by atoms with Crippen molar-refractivity contribution >= 4 is 24.0 Å². The number of hydrogen-bond donors (Lipinski definition) is 1. The predicted molar refractivity (Wildman–Crippen MR) is 61.4 cm³/mol. The number of carbonyl (C=O) groups is 1. The smallest absolute Gasteiger partial charge is 0.240 e. The van der Waals surface area contributed by atoms with Crippen molar-refractivity contribution in [3.8, 4) is 0 Å². The van der Waals surface area contributed by atoms with Crippen LogP contribution >= 0.6 is 11.8 Å². The van der Waals surface area contributed by atoms with Gasteiger partial charge >= 0.3 is 0 Å². The molecule has 0 aromatic rings. The van der Waals surface area contributed by atoms with E-state index < -0.39 is 6.04 Å². The largest absolute Gasteiger partial charge is 0.331 e. The highest BCUT2D eigenvalue weighted by Crippen LogP contribution is 2.17. The third-order valence-electron chi connectivity index (χ3n) is 2.62. The standard InChI is InChI=1S/C10H17N2O2S/c1-15-6-4-9(11)10(14)12-5-2-3-8(12)7-13/h8-9H,2-6,11H2,1H3/t8-,9-/m0/s1. The lowest BCUT2D eigenvalue weighted by molar-refractivity contribution is -0.132. The molecule has 4 nitrogen and oxygen atoms in total. The fraction of sp³-hybridized carbons (Fsp3) is 0.800. The minimum absolute atomic E-state index is 0.102. The van der Waals surface area contributed by atoms with Crippen molar-refractivity contribution in [3.05, 3.63) is 0 Å². The second kappa shape index (κ2) is 6.12. The number of hydrogen-bond acceptors (Lipinski definition) is 4. The molecular formula is C10H17N2O2S. The van der Waals surface area contributed by atoms with Gasteiger partial charge in [0, 0.05) is 6.54 Å². The molecule has 5 heteroatoms. The first-order valence-corrected chi connectivity index (χ1v) is 6.52. The van der Waals surface area contributed by atoms with Crippen molar-refractivity contribution in [1.82, 2.24) is 4.90 Å². The van der Waals surface area contributed by atoms with E-state index >= 15 is 0 Å². The van der Waals surface area contributed by atoms with Crippen LogP contribution in [-0.2, 0) is 9.59 Å². The van der Waals surface area contributed by atoms with Crippen LogP contribution in [0.25, 0.3) is 0 Å². The minimum atomic E-state index is -0.466. The van der Waals surface area contributed by atoms with Gasteiger partial charge in [-0.2, -0.15) is 11.8 Å². The van der Waals surface area contributed by atoms with Crippen LogP contribution < -0.4 is 5.73 Å². The van der Waals surface area contributed by atoms with Crippen LogP contribution in [0.5, 0.6) is 0 Å². The first kappa shape index (κ1) is 12.5. The van der Waals surface area contributed by atoms with Gasteiger partial charge in [0.15, 0.2) is 0 Å². The monoisotopic (exact) mass is 229 g/mol. The molecule has 1 amide bonds. The second-order valence-corrected chi connectivity index (χ2v) is 4.68. The Morgan fingerprint density at radius 2 is 2.47 bits per heavy atom. The zero-order valence-electron chi connectivity index (χ0n) is 8.94. The van der Waals surface area contributed by atoms with E-state index in [-0.39, 0.29) is 11.9 Å². The lowest BCUT2D eigenvalue weighted by atomic mass is 10.2. The number of thioether (sulfide) groups is 1. The summed E-state index contributed by atoms with van der Waals surface area (Å²) >= 11 is 1.67. The van der Waals surface area contributed by atoms with Gasteiger partial charge < -0.3 is 10.6 Å². The van der Waals surface area contributed by atoms with E-state index in [2.05, 4.69) is 0 Å². The van der Waals surface area contributed by atoms with E-state index in [1.165, 1.54) is 0 Å². The summed E-state index contributed by atoms with van der Waals surface area (Å²) in [6.07, 6.45) is 6.15. The molecule has 0 aliphatic carbocycles. The van der Waals surface area contributed by atoms with Crippen molar-refractivity contribution in [2.24, 2.45) is 5.73 Å². The molecule has 1 fully saturated rings. The molecule has 1 saturated heterocycles. The Bertz CT molecular complexity index is 235. The van der Waals surface area contributed by atoms with Gasteiger partial charge in [0.2, 0.25) is 12.2 Å². The molecule has 0 bridgehead atoms. The Hall–Kier alpha value is -0.550. The Labute approximate surface area is 94.6 Å². The first-order chi connectivity index (χ1) is 7.20. The minimum Gasteiger partial charge on any atom is -0.331 e.